The number of benzene rings is 2. The van der Waals surface area contributed by atoms with Crippen molar-refractivity contribution in [1.29, 1.82) is 0 Å². The van der Waals surface area contributed by atoms with E-state index in [1.54, 1.807) is 0 Å². The maximum Gasteiger partial charge on any atom is 0.407 e. The summed E-state index contributed by atoms with van der Waals surface area (Å²) >= 11 is 0. The molecule has 8 heteroatoms. The van der Waals surface area contributed by atoms with Crippen LogP contribution in [0.25, 0.3) is 11.1 Å². The van der Waals surface area contributed by atoms with Gasteiger partial charge in [0.25, 0.3) is 0 Å². The zero-order valence-corrected chi connectivity index (χ0v) is 20.5. The third-order valence-corrected chi connectivity index (χ3v) is 6.53. The average molecular weight is 483 g/mol. The first-order chi connectivity index (χ1) is 16.8. The van der Waals surface area contributed by atoms with Crippen LogP contribution in [0.15, 0.2) is 48.5 Å². The van der Waals surface area contributed by atoms with Crippen molar-refractivity contribution in [2.45, 2.75) is 51.2 Å². The van der Waals surface area contributed by atoms with E-state index in [9.17, 15) is 14.4 Å². The Balaban J connectivity index is 1.63. The van der Waals surface area contributed by atoms with E-state index < -0.39 is 30.1 Å². The summed E-state index contributed by atoms with van der Waals surface area (Å²) in [7, 11) is 1.39. The molecule has 35 heavy (non-hydrogen) atoms. The molecule has 2 amide bonds. The Kier molecular flexibility index (Phi) is 9.25. The topological polar surface area (TPSA) is 114 Å². The second-order valence-electron chi connectivity index (χ2n) is 8.97. The van der Waals surface area contributed by atoms with Gasteiger partial charge in [-0.05, 0) is 34.6 Å². The molecule has 188 valence electrons. The van der Waals surface area contributed by atoms with Crippen LogP contribution in [0.2, 0.25) is 0 Å². The minimum atomic E-state index is -1.01. The van der Waals surface area contributed by atoms with E-state index in [4.69, 9.17) is 14.6 Å². The normalized spacial score (nSPS) is 14.8. The summed E-state index contributed by atoms with van der Waals surface area (Å²) in [6, 6.07) is 15.4. The van der Waals surface area contributed by atoms with Crippen LogP contribution < -0.4 is 10.6 Å². The molecule has 2 aromatic rings. The lowest BCUT2D eigenvalue weighted by Crippen LogP contribution is -2.49. The highest BCUT2D eigenvalue weighted by atomic mass is 16.5. The lowest BCUT2D eigenvalue weighted by molar-refractivity contribution is -0.140. The number of rotatable bonds is 12. The summed E-state index contributed by atoms with van der Waals surface area (Å²) in [6.45, 7) is 4.20. The van der Waals surface area contributed by atoms with Crippen molar-refractivity contribution in [3.05, 3.63) is 59.7 Å². The first-order valence-electron chi connectivity index (χ1n) is 12.0. The smallest absolute Gasteiger partial charge is 0.407 e. The maximum absolute atomic E-state index is 12.8. The van der Waals surface area contributed by atoms with E-state index in [2.05, 4.69) is 22.8 Å². The number of carboxylic acids is 1. The van der Waals surface area contributed by atoms with Gasteiger partial charge in [0.05, 0.1) is 12.5 Å². The zero-order chi connectivity index (χ0) is 25.4. The van der Waals surface area contributed by atoms with Gasteiger partial charge in [-0.15, -0.1) is 0 Å². The second kappa shape index (κ2) is 12.4. The van der Waals surface area contributed by atoms with Crippen LogP contribution in [0.1, 0.15) is 50.2 Å². The molecule has 0 bridgehead atoms. The Hall–Kier alpha value is -3.39. The predicted molar refractivity (Wildman–Crippen MR) is 132 cm³/mol. The summed E-state index contributed by atoms with van der Waals surface area (Å²) in [5, 5.41) is 14.4. The van der Waals surface area contributed by atoms with Crippen molar-refractivity contribution in [3.8, 4) is 11.1 Å². The van der Waals surface area contributed by atoms with Gasteiger partial charge in [0.1, 0.15) is 12.6 Å². The van der Waals surface area contributed by atoms with Crippen molar-refractivity contribution in [1.82, 2.24) is 10.6 Å². The van der Waals surface area contributed by atoms with Crippen LogP contribution in [0.5, 0.6) is 0 Å². The molecule has 3 atom stereocenters. The van der Waals surface area contributed by atoms with Gasteiger partial charge in [-0.25, -0.2) is 4.79 Å². The van der Waals surface area contributed by atoms with Gasteiger partial charge < -0.3 is 25.2 Å². The standard InChI is InChI=1S/C27H34N2O6/c1-4-17(2)13-24(26(32)28-15-18(34-3)14-25(30)31)29-27(33)35-16-23-21-11-7-5-9-19(21)20-10-6-8-12-22(20)23/h5-12,17-18,23-24H,4,13-16H2,1-3H3,(H,28,32)(H,29,33)(H,30,31). The van der Waals surface area contributed by atoms with Gasteiger partial charge in [-0.1, -0.05) is 68.8 Å². The monoisotopic (exact) mass is 482 g/mol. The SMILES string of the molecule is CCC(C)CC(NC(=O)OCC1c2ccccc2-c2ccccc21)C(=O)NCC(CC(=O)O)OC. The molecular weight excluding hydrogens is 448 g/mol. The number of carbonyl (C=O) groups is 3. The van der Waals surface area contributed by atoms with Gasteiger partial charge in [0.2, 0.25) is 5.91 Å². The quantitative estimate of drug-likeness (QED) is 0.422. The van der Waals surface area contributed by atoms with Crippen LogP contribution >= 0.6 is 0 Å². The van der Waals surface area contributed by atoms with Gasteiger partial charge in [-0.2, -0.15) is 0 Å². The van der Waals surface area contributed by atoms with Crippen LogP contribution in [-0.2, 0) is 19.1 Å². The Labute approximate surface area is 206 Å². The fraction of sp³-hybridized carbons (Fsp3) is 0.444. The van der Waals surface area contributed by atoms with Crippen molar-refractivity contribution >= 4 is 18.0 Å². The minimum Gasteiger partial charge on any atom is -0.481 e. The van der Waals surface area contributed by atoms with Crippen molar-refractivity contribution in [2.75, 3.05) is 20.3 Å². The third-order valence-electron chi connectivity index (χ3n) is 6.53. The summed E-state index contributed by atoms with van der Waals surface area (Å²) in [4.78, 5) is 36.5. The average Bonchev–Trinajstić information content (AvgIpc) is 3.18. The Morgan fingerprint density at radius 3 is 2.17 bits per heavy atom. The molecule has 2 aromatic carbocycles. The predicted octanol–water partition coefficient (Wildman–Crippen LogP) is 3.94. The number of amides is 2. The number of fused-ring (bicyclic) bond motifs is 3. The number of nitrogens with one attached hydrogen (secondary N) is 2. The highest BCUT2D eigenvalue weighted by Crippen LogP contribution is 2.44. The van der Waals surface area contributed by atoms with Gasteiger partial charge >= 0.3 is 12.1 Å². The molecule has 0 saturated heterocycles. The Morgan fingerprint density at radius 2 is 1.63 bits per heavy atom. The molecule has 3 N–H and O–H groups in total. The van der Waals surface area contributed by atoms with E-state index in [0.29, 0.717) is 6.42 Å². The zero-order valence-electron chi connectivity index (χ0n) is 20.5. The van der Waals surface area contributed by atoms with Crippen LogP contribution in [-0.4, -0.2) is 55.5 Å². The van der Waals surface area contributed by atoms with Crippen molar-refractivity contribution in [3.63, 3.8) is 0 Å². The molecule has 0 heterocycles. The summed E-state index contributed by atoms with van der Waals surface area (Å²) in [5.74, 6) is -1.30. The van der Waals surface area contributed by atoms with Gasteiger partial charge in [0.15, 0.2) is 0 Å². The highest BCUT2D eigenvalue weighted by molar-refractivity contribution is 5.86. The first-order valence-corrected chi connectivity index (χ1v) is 12.0. The van der Waals surface area contributed by atoms with E-state index >= 15 is 0 Å². The van der Waals surface area contributed by atoms with Gasteiger partial charge in [0, 0.05) is 19.6 Å². The van der Waals surface area contributed by atoms with Crippen LogP contribution in [0.3, 0.4) is 0 Å². The Morgan fingerprint density at radius 1 is 1.03 bits per heavy atom. The number of carboxylic acid groups (broad SMARTS) is 1. The molecule has 0 fully saturated rings. The Bertz CT molecular complexity index is 994. The lowest BCUT2D eigenvalue weighted by Gasteiger charge is -2.23. The van der Waals surface area contributed by atoms with Crippen molar-refractivity contribution < 1.29 is 29.0 Å². The molecule has 1 aliphatic carbocycles. The summed E-state index contributed by atoms with van der Waals surface area (Å²) in [5.41, 5.74) is 4.50. The molecule has 0 radical (unpaired) electrons. The number of carbonyl (C=O) groups excluding carboxylic acids is 2. The fourth-order valence-corrected chi connectivity index (χ4v) is 4.35. The molecule has 0 aliphatic heterocycles. The number of aliphatic carboxylic acids is 1. The highest BCUT2D eigenvalue weighted by Gasteiger charge is 2.30. The number of hydrogen-bond acceptors (Lipinski definition) is 5. The van der Waals surface area contributed by atoms with E-state index in [-0.39, 0.29) is 31.4 Å². The van der Waals surface area contributed by atoms with E-state index in [0.717, 1.165) is 28.7 Å². The largest absolute Gasteiger partial charge is 0.481 e. The second-order valence-corrected chi connectivity index (χ2v) is 8.97. The van der Waals surface area contributed by atoms with Gasteiger partial charge in [-0.3, -0.25) is 9.59 Å². The fourth-order valence-electron chi connectivity index (χ4n) is 4.35. The molecule has 0 spiro atoms. The molecule has 3 rings (SSSR count). The molecule has 0 aromatic heterocycles. The van der Waals surface area contributed by atoms with E-state index in [1.165, 1.54) is 7.11 Å². The molecule has 0 saturated carbocycles. The number of hydrogen-bond donors (Lipinski definition) is 3. The number of methoxy groups -OCH3 is 1. The van der Waals surface area contributed by atoms with Crippen LogP contribution in [0.4, 0.5) is 4.79 Å². The first kappa shape index (κ1) is 26.2. The van der Waals surface area contributed by atoms with E-state index in [1.807, 2.05) is 50.2 Å². The molecular formula is C27H34N2O6. The minimum absolute atomic E-state index is 0.0327. The maximum atomic E-state index is 12.8. The molecule has 8 nitrogen and oxygen atoms in total. The number of ether oxygens (including phenoxy) is 2. The summed E-state index contributed by atoms with van der Waals surface area (Å²) < 4.78 is 10.7. The third kappa shape index (κ3) is 6.82. The molecule has 3 unspecified atom stereocenters. The van der Waals surface area contributed by atoms with Crippen LogP contribution in [0, 0.1) is 5.92 Å². The summed E-state index contributed by atoms with van der Waals surface area (Å²) in [6.07, 6.45) is -0.273. The lowest BCUT2D eigenvalue weighted by atomic mass is 9.98. The molecule has 1 aliphatic rings. The van der Waals surface area contributed by atoms with Crippen molar-refractivity contribution in [2.24, 2.45) is 5.92 Å². The number of alkyl carbamates (subject to hydrolysis) is 1.